The van der Waals surface area contributed by atoms with Gasteiger partial charge in [0.1, 0.15) is 6.61 Å². The molecule has 0 aromatic heterocycles. The summed E-state index contributed by atoms with van der Waals surface area (Å²) in [6, 6.07) is 13.6. The number of ether oxygens (including phenoxy) is 2. The van der Waals surface area contributed by atoms with Gasteiger partial charge in [-0.15, -0.1) is 0 Å². The molecule has 0 saturated heterocycles. The van der Waals surface area contributed by atoms with Gasteiger partial charge in [-0.3, -0.25) is 0 Å². The summed E-state index contributed by atoms with van der Waals surface area (Å²) < 4.78 is 11.7. The van der Waals surface area contributed by atoms with Crippen molar-refractivity contribution in [3.05, 3.63) is 58.6 Å². The normalized spacial score (nSPS) is 12.0. The zero-order valence-corrected chi connectivity index (χ0v) is 16.8. The van der Waals surface area contributed by atoms with Crippen molar-refractivity contribution in [2.75, 3.05) is 26.2 Å². The van der Waals surface area contributed by atoms with E-state index in [0.717, 1.165) is 36.5 Å². The number of hydrogen-bond acceptors (Lipinski definition) is 5. The smallest absolute Gasteiger partial charge is 0.161 e. The molecule has 3 N–H and O–H groups in total. The van der Waals surface area contributed by atoms with E-state index in [9.17, 15) is 5.11 Å². The van der Waals surface area contributed by atoms with Crippen LogP contribution >= 0.6 is 11.6 Å². The van der Waals surface area contributed by atoms with E-state index < -0.39 is 0 Å². The summed E-state index contributed by atoms with van der Waals surface area (Å²) in [5.74, 6) is 1.44. The summed E-state index contributed by atoms with van der Waals surface area (Å²) in [4.78, 5) is 0. The molecule has 0 aliphatic rings. The summed E-state index contributed by atoms with van der Waals surface area (Å²) in [6.45, 7) is 7.66. The zero-order chi connectivity index (χ0) is 19.5. The summed E-state index contributed by atoms with van der Waals surface area (Å²) in [7, 11) is 0. The van der Waals surface area contributed by atoms with Crippen molar-refractivity contribution in [3.8, 4) is 11.5 Å². The van der Waals surface area contributed by atoms with E-state index in [0.29, 0.717) is 30.5 Å². The first-order valence-electron chi connectivity index (χ1n) is 9.31. The Hall–Kier alpha value is -1.79. The fourth-order valence-corrected chi connectivity index (χ4v) is 2.73. The van der Waals surface area contributed by atoms with Gasteiger partial charge in [0.15, 0.2) is 11.5 Å². The molecular weight excluding hydrogens is 364 g/mol. The van der Waals surface area contributed by atoms with Gasteiger partial charge in [-0.25, -0.2) is 0 Å². The first kappa shape index (κ1) is 21.5. The van der Waals surface area contributed by atoms with Gasteiger partial charge in [-0.05, 0) is 37.6 Å². The lowest BCUT2D eigenvalue weighted by molar-refractivity contribution is 0.191. The fraction of sp³-hybridized carbons (Fsp3) is 0.429. The van der Waals surface area contributed by atoms with Gasteiger partial charge in [0.25, 0.3) is 0 Å². The predicted octanol–water partition coefficient (Wildman–Crippen LogP) is 3.38. The molecular formula is C21H29ClN2O3. The van der Waals surface area contributed by atoms with E-state index >= 15 is 0 Å². The molecule has 0 aliphatic heterocycles. The van der Waals surface area contributed by atoms with Crippen molar-refractivity contribution >= 4 is 11.6 Å². The Labute approximate surface area is 166 Å². The highest BCUT2D eigenvalue weighted by molar-refractivity contribution is 6.31. The Balaban J connectivity index is 1.88. The van der Waals surface area contributed by atoms with Crippen molar-refractivity contribution in [1.82, 2.24) is 10.6 Å². The van der Waals surface area contributed by atoms with Crippen LogP contribution in [-0.4, -0.2) is 37.5 Å². The van der Waals surface area contributed by atoms with Gasteiger partial charge in [-0.1, -0.05) is 35.9 Å². The minimum absolute atomic E-state index is 0.322. The average Bonchev–Trinajstić information content (AvgIpc) is 2.65. The van der Waals surface area contributed by atoms with Gasteiger partial charge in [0, 0.05) is 36.8 Å². The molecule has 0 amide bonds. The minimum Gasteiger partial charge on any atom is -0.490 e. The molecule has 0 radical (unpaired) electrons. The Bertz CT molecular complexity index is 695. The highest BCUT2D eigenvalue weighted by Gasteiger charge is 2.08. The lowest BCUT2D eigenvalue weighted by Crippen LogP contribution is -2.31. The standard InChI is InChI=1S/C21H29ClN2O3/c1-3-26-21-12-17(14-24-11-10-23-13-16(2)25)8-9-20(21)27-15-18-6-4-5-7-19(18)22/h4-9,12,16,23-25H,3,10-11,13-15H2,1-2H3/t16-/m1/s1. The molecule has 0 fully saturated rings. The third-order valence-corrected chi connectivity index (χ3v) is 4.27. The molecule has 0 unspecified atom stereocenters. The average molecular weight is 393 g/mol. The number of nitrogens with one attached hydrogen (secondary N) is 2. The number of hydrogen-bond donors (Lipinski definition) is 3. The molecule has 2 rings (SSSR count). The predicted molar refractivity (Wildman–Crippen MR) is 110 cm³/mol. The van der Waals surface area contributed by atoms with E-state index in [2.05, 4.69) is 10.6 Å². The highest BCUT2D eigenvalue weighted by atomic mass is 35.5. The topological polar surface area (TPSA) is 62.8 Å². The van der Waals surface area contributed by atoms with Crippen LogP contribution in [0, 0.1) is 0 Å². The molecule has 6 heteroatoms. The Morgan fingerprint density at radius 2 is 1.81 bits per heavy atom. The van der Waals surface area contributed by atoms with Gasteiger partial charge >= 0.3 is 0 Å². The SMILES string of the molecule is CCOc1cc(CNCCNC[C@@H](C)O)ccc1OCc1ccccc1Cl. The number of aliphatic hydroxyl groups excluding tert-OH is 1. The molecule has 0 aliphatic carbocycles. The molecule has 0 saturated carbocycles. The minimum atomic E-state index is -0.322. The molecule has 0 spiro atoms. The van der Waals surface area contributed by atoms with Crippen LogP contribution in [0.2, 0.25) is 5.02 Å². The van der Waals surface area contributed by atoms with Crippen LogP contribution in [0.15, 0.2) is 42.5 Å². The lowest BCUT2D eigenvalue weighted by Gasteiger charge is -2.14. The van der Waals surface area contributed by atoms with Crippen molar-refractivity contribution in [2.45, 2.75) is 33.1 Å². The second-order valence-electron chi connectivity index (χ2n) is 6.32. The first-order valence-corrected chi connectivity index (χ1v) is 9.69. The van der Waals surface area contributed by atoms with Crippen LogP contribution < -0.4 is 20.1 Å². The van der Waals surface area contributed by atoms with E-state index in [1.165, 1.54) is 0 Å². The molecule has 0 bridgehead atoms. The largest absolute Gasteiger partial charge is 0.490 e. The quantitative estimate of drug-likeness (QED) is 0.483. The molecule has 2 aromatic carbocycles. The zero-order valence-electron chi connectivity index (χ0n) is 16.0. The molecule has 27 heavy (non-hydrogen) atoms. The van der Waals surface area contributed by atoms with Crippen LogP contribution in [0.25, 0.3) is 0 Å². The number of aliphatic hydroxyl groups is 1. The van der Waals surface area contributed by atoms with Crippen LogP contribution in [0.3, 0.4) is 0 Å². The maximum Gasteiger partial charge on any atom is 0.161 e. The molecule has 0 heterocycles. The monoisotopic (exact) mass is 392 g/mol. The van der Waals surface area contributed by atoms with E-state index in [1.54, 1.807) is 6.92 Å². The van der Waals surface area contributed by atoms with Crippen LogP contribution in [0.4, 0.5) is 0 Å². The highest BCUT2D eigenvalue weighted by Crippen LogP contribution is 2.30. The summed E-state index contributed by atoms with van der Waals surface area (Å²) >= 11 is 6.19. The summed E-state index contributed by atoms with van der Waals surface area (Å²) in [5.41, 5.74) is 2.07. The van der Waals surface area contributed by atoms with E-state index in [-0.39, 0.29) is 6.10 Å². The number of rotatable bonds is 12. The fourth-order valence-electron chi connectivity index (χ4n) is 2.54. The van der Waals surface area contributed by atoms with Crippen molar-refractivity contribution < 1.29 is 14.6 Å². The molecule has 2 aromatic rings. The Morgan fingerprint density at radius 1 is 1.04 bits per heavy atom. The molecule has 5 nitrogen and oxygen atoms in total. The second kappa shape index (κ2) is 11.8. The van der Waals surface area contributed by atoms with Gasteiger partial charge < -0.3 is 25.2 Å². The summed E-state index contributed by atoms with van der Waals surface area (Å²) in [5, 5.41) is 16.5. The van der Waals surface area contributed by atoms with Crippen molar-refractivity contribution in [1.29, 1.82) is 0 Å². The van der Waals surface area contributed by atoms with Crippen LogP contribution in [-0.2, 0) is 13.2 Å². The third kappa shape index (κ3) is 7.77. The van der Waals surface area contributed by atoms with Crippen LogP contribution in [0.1, 0.15) is 25.0 Å². The summed E-state index contributed by atoms with van der Waals surface area (Å²) in [6.07, 6.45) is -0.322. The Kier molecular flexibility index (Phi) is 9.42. The van der Waals surface area contributed by atoms with Crippen molar-refractivity contribution in [3.63, 3.8) is 0 Å². The molecule has 148 valence electrons. The second-order valence-corrected chi connectivity index (χ2v) is 6.73. The molecule has 1 atom stereocenters. The lowest BCUT2D eigenvalue weighted by atomic mass is 10.2. The van der Waals surface area contributed by atoms with Gasteiger partial charge in [-0.2, -0.15) is 0 Å². The van der Waals surface area contributed by atoms with Crippen LogP contribution in [0.5, 0.6) is 11.5 Å². The third-order valence-electron chi connectivity index (χ3n) is 3.90. The Morgan fingerprint density at radius 3 is 2.56 bits per heavy atom. The van der Waals surface area contributed by atoms with Gasteiger partial charge in [0.05, 0.1) is 12.7 Å². The number of halogens is 1. The van der Waals surface area contributed by atoms with Gasteiger partial charge in [0.2, 0.25) is 0 Å². The first-order chi connectivity index (χ1) is 13.1. The van der Waals surface area contributed by atoms with E-state index in [4.69, 9.17) is 21.1 Å². The van der Waals surface area contributed by atoms with Crippen molar-refractivity contribution in [2.24, 2.45) is 0 Å². The van der Waals surface area contributed by atoms with E-state index in [1.807, 2.05) is 49.4 Å². The maximum atomic E-state index is 9.21. The number of benzene rings is 2. The maximum absolute atomic E-state index is 9.21.